The molecule has 1 aliphatic rings. The van der Waals surface area contributed by atoms with E-state index in [1.165, 1.54) is 19.4 Å². The Balaban J connectivity index is 1.83. The molecule has 0 radical (unpaired) electrons. The fourth-order valence-corrected chi connectivity index (χ4v) is 2.64. The molecule has 0 N–H and O–H groups in total. The molecule has 1 unspecified atom stereocenters. The van der Waals surface area contributed by atoms with Gasteiger partial charge in [0.2, 0.25) is 0 Å². The van der Waals surface area contributed by atoms with Crippen molar-refractivity contribution in [3.8, 4) is 0 Å². The van der Waals surface area contributed by atoms with Gasteiger partial charge in [-0.3, -0.25) is 9.69 Å². The van der Waals surface area contributed by atoms with E-state index in [2.05, 4.69) is 16.8 Å². The lowest BCUT2D eigenvalue weighted by Gasteiger charge is -2.25. The van der Waals surface area contributed by atoms with Crippen LogP contribution in [0.5, 0.6) is 0 Å². The van der Waals surface area contributed by atoms with Gasteiger partial charge in [-0.1, -0.05) is 0 Å². The molecule has 0 aliphatic carbocycles. The molecule has 0 bridgehead atoms. The van der Waals surface area contributed by atoms with E-state index in [-0.39, 0.29) is 5.78 Å². The molecule has 2 rings (SSSR count). The number of hydrogen-bond acceptors (Lipinski definition) is 3. The maximum Gasteiger partial charge on any atom is 0.178 e. The number of carbonyl (C=O) groups excluding carboxylic acids is 1. The minimum Gasteiger partial charge on any atom is -0.357 e. The van der Waals surface area contributed by atoms with Gasteiger partial charge in [-0.2, -0.15) is 0 Å². The third-order valence-corrected chi connectivity index (χ3v) is 3.76. The average molecular weight is 249 g/mol. The summed E-state index contributed by atoms with van der Waals surface area (Å²) in [6.07, 6.45) is 6.33. The molecule has 18 heavy (non-hydrogen) atoms. The van der Waals surface area contributed by atoms with Crippen molar-refractivity contribution in [1.82, 2.24) is 14.4 Å². The maximum atomic E-state index is 12.1. The second-order valence-corrected chi connectivity index (χ2v) is 5.46. The van der Waals surface area contributed by atoms with E-state index in [4.69, 9.17) is 0 Å². The molecule has 1 aliphatic heterocycles. The molecule has 1 fully saturated rings. The standard InChI is InChI=1S/C14H23N3O/c1-15-8-6-12(9-15)14(18)11-16(2)10-13-5-4-7-17(13)3/h6,8-9,13H,4-5,7,10-11H2,1-3H3. The summed E-state index contributed by atoms with van der Waals surface area (Å²) in [5.41, 5.74) is 0.809. The molecular formula is C14H23N3O. The predicted molar refractivity (Wildman–Crippen MR) is 72.9 cm³/mol. The molecule has 2 heterocycles. The molecule has 1 saturated heterocycles. The van der Waals surface area contributed by atoms with Gasteiger partial charge in [0.25, 0.3) is 0 Å². The highest BCUT2D eigenvalue weighted by Crippen LogP contribution is 2.15. The SMILES string of the molecule is CN(CC(=O)c1ccn(C)c1)CC1CCCN1C. The van der Waals surface area contributed by atoms with Crippen LogP contribution in [0, 0.1) is 0 Å². The van der Waals surface area contributed by atoms with Crippen LogP contribution in [-0.4, -0.2) is 59.9 Å². The van der Waals surface area contributed by atoms with E-state index in [1.54, 1.807) is 0 Å². The normalized spacial score (nSPS) is 20.8. The first kappa shape index (κ1) is 13.3. The van der Waals surface area contributed by atoms with Gasteiger partial charge in [0.1, 0.15) is 0 Å². The van der Waals surface area contributed by atoms with Gasteiger partial charge < -0.3 is 9.47 Å². The predicted octanol–water partition coefficient (Wildman–Crippen LogP) is 1.23. The second-order valence-electron chi connectivity index (χ2n) is 5.46. The zero-order valence-electron chi connectivity index (χ0n) is 11.6. The minimum absolute atomic E-state index is 0.207. The third-order valence-electron chi connectivity index (χ3n) is 3.76. The van der Waals surface area contributed by atoms with E-state index < -0.39 is 0 Å². The van der Waals surface area contributed by atoms with Gasteiger partial charge in [0.05, 0.1) is 6.54 Å². The number of rotatable bonds is 5. The summed E-state index contributed by atoms with van der Waals surface area (Å²) in [5.74, 6) is 0.207. The van der Waals surface area contributed by atoms with E-state index in [0.29, 0.717) is 12.6 Å². The Bertz CT molecular complexity index is 413. The highest BCUT2D eigenvalue weighted by Gasteiger charge is 2.22. The van der Waals surface area contributed by atoms with Gasteiger partial charge >= 0.3 is 0 Å². The largest absolute Gasteiger partial charge is 0.357 e. The summed E-state index contributed by atoms with van der Waals surface area (Å²) in [7, 11) is 6.14. The van der Waals surface area contributed by atoms with E-state index in [0.717, 1.165) is 12.1 Å². The number of aryl methyl sites for hydroxylation is 1. The van der Waals surface area contributed by atoms with Gasteiger partial charge in [0.15, 0.2) is 5.78 Å². The van der Waals surface area contributed by atoms with Crippen LogP contribution in [0.1, 0.15) is 23.2 Å². The highest BCUT2D eigenvalue weighted by atomic mass is 16.1. The lowest BCUT2D eigenvalue weighted by atomic mass is 10.2. The van der Waals surface area contributed by atoms with Crippen LogP contribution in [0.2, 0.25) is 0 Å². The van der Waals surface area contributed by atoms with Crippen molar-refractivity contribution in [2.45, 2.75) is 18.9 Å². The number of carbonyl (C=O) groups is 1. The molecule has 100 valence electrons. The Morgan fingerprint density at radius 1 is 1.50 bits per heavy atom. The summed E-state index contributed by atoms with van der Waals surface area (Å²) in [5, 5.41) is 0. The summed E-state index contributed by atoms with van der Waals surface area (Å²) in [6.45, 7) is 2.68. The van der Waals surface area contributed by atoms with Gasteiger partial charge in [-0.15, -0.1) is 0 Å². The lowest BCUT2D eigenvalue weighted by Crippen LogP contribution is -2.38. The van der Waals surface area contributed by atoms with Crippen molar-refractivity contribution < 1.29 is 4.79 Å². The second kappa shape index (κ2) is 5.67. The van der Waals surface area contributed by atoms with Crippen LogP contribution >= 0.6 is 0 Å². The molecule has 4 nitrogen and oxygen atoms in total. The number of hydrogen-bond donors (Lipinski definition) is 0. The number of ketones is 1. The third kappa shape index (κ3) is 3.21. The van der Waals surface area contributed by atoms with Crippen molar-refractivity contribution >= 4 is 5.78 Å². The summed E-state index contributed by atoms with van der Waals surface area (Å²) in [6, 6.07) is 2.50. The molecule has 1 aromatic heterocycles. The first-order valence-electron chi connectivity index (χ1n) is 6.60. The van der Waals surface area contributed by atoms with Crippen molar-refractivity contribution in [2.24, 2.45) is 7.05 Å². The van der Waals surface area contributed by atoms with Crippen molar-refractivity contribution in [3.05, 3.63) is 24.0 Å². The Morgan fingerprint density at radius 3 is 2.83 bits per heavy atom. The number of likely N-dealkylation sites (tertiary alicyclic amines) is 1. The van der Waals surface area contributed by atoms with Crippen molar-refractivity contribution in [3.63, 3.8) is 0 Å². The number of nitrogens with zero attached hydrogens (tertiary/aromatic N) is 3. The Kier molecular flexibility index (Phi) is 4.19. The van der Waals surface area contributed by atoms with Crippen molar-refractivity contribution in [2.75, 3.05) is 33.7 Å². The highest BCUT2D eigenvalue weighted by molar-refractivity contribution is 5.97. The molecule has 0 saturated carbocycles. The number of aromatic nitrogens is 1. The first-order valence-corrected chi connectivity index (χ1v) is 6.60. The topological polar surface area (TPSA) is 28.5 Å². The number of Topliss-reactive ketones (excluding diaryl/α,β-unsaturated/α-hetero) is 1. The average Bonchev–Trinajstić information content (AvgIpc) is 2.89. The van der Waals surface area contributed by atoms with Gasteiger partial charge in [-0.05, 0) is 39.5 Å². The lowest BCUT2D eigenvalue weighted by molar-refractivity contribution is 0.0932. The van der Waals surface area contributed by atoms with Crippen LogP contribution in [0.15, 0.2) is 18.5 Å². The maximum absolute atomic E-state index is 12.1. The smallest absolute Gasteiger partial charge is 0.178 e. The molecule has 1 atom stereocenters. The molecule has 4 heteroatoms. The Labute approximate surface area is 109 Å². The van der Waals surface area contributed by atoms with Crippen LogP contribution in [0.3, 0.4) is 0 Å². The molecule has 1 aromatic rings. The van der Waals surface area contributed by atoms with Gasteiger partial charge in [-0.25, -0.2) is 0 Å². The molecular weight excluding hydrogens is 226 g/mol. The fraction of sp³-hybridized carbons (Fsp3) is 0.643. The van der Waals surface area contributed by atoms with E-state index in [1.807, 2.05) is 37.1 Å². The first-order chi connectivity index (χ1) is 8.56. The van der Waals surface area contributed by atoms with Crippen LogP contribution in [0.25, 0.3) is 0 Å². The zero-order valence-corrected chi connectivity index (χ0v) is 11.6. The quantitative estimate of drug-likeness (QED) is 0.735. The van der Waals surface area contributed by atoms with Gasteiger partial charge in [0, 0.05) is 37.6 Å². The minimum atomic E-state index is 0.207. The van der Waals surface area contributed by atoms with Crippen LogP contribution in [-0.2, 0) is 7.05 Å². The zero-order chi connectivity index (χ0) is 13.1. The Morgan fingerprint density at radius 2 is 2.28 bits per heavy atom. The molecule has 0 spiro atoms. The van der Waals surface area contributed by atoms with Crippen LogP contribution < -0.4 is 0 Å². The summed E-state index contributed by atoms with van der Waals surface area (Å²) < 4.78 is 1.91. The monoisotopic (exact) mass is 249 g/mol. The molecule has 0 amide bonds. The Hall–Kier alpha value is -1.13. The van der Waals surface area contributed by atoms with Crippen LogP contribution in [0.4, 0.5) is 0 Å². The molecule has 0 aromatic carbocycles. The van der Waals surface area contributed by atoms with Crippen molar-refractivity contribution in [1.29, 1.82) is 0 Å². The summed E-state index contributed by atoms with van der Waals surface area (Å²) in [4.78, 5) is 16.6. The number of likely N-dealkylation sites (N-methyl/N-ethyl adjacent to an activating group) is 2. The fourth-order valence-electron chi connectivity index (χ4n) is 2.64. The van der Waals surface area contributed by atoms with E-state index >= 15 is 0 Å². The summed E-state index contributed by atoms with van der Waals surface area (Å²) >= 11 is 0. The van der Waals surface area contributed by atoms with E-state index in [9.17, 15) is 4.79 Å².